The summed E-state index contributed by atoms with van der Waals surface area (Å²) >= 11 is 0. The number of nitrogens with zero attached hydrogens (tertiary/aromatic N) is 1. The number of rotatable bonds is 7. The van der Waals surface area contributed by atoms with E-state index in [-0.39, 0.29) is 18.1 Å². The van der Waals surface area contributed by atoms with Crippen molar-refractivity contribution in [3.63, 3.8) is 0 Å². The summed E-state index contributed by atoms with van der Waals surface area (Å²) in [4.78, 5) is 13.7. The molecule has 1 amide bonds. The smallest absolute Gasteiger partial charge is 0.222 e. The molecule has 1 aromatic carbocycles. The lowest BCUT2D eigenvalue weighted by Crippen LogP contribution is -2.30. The molecule has 0 atom stereocenters. The summed E-state index contributed by atoms with van der Waals surface area (Å²) in [6.07, 6.45) is 1.87. The van der Waals surface area contributed by atoms with Gasteiger partial charge in [-0.25, -0.2) is 8.42 Å². The van der Waals surface area contributed by atoms with Crippen LogP contribution in [0.25, 0.3) is 0 Å². The number of carbonyl (C=O) groups is 1. The minimum Gasteiger partial charge on any atom is -0.339 e. The molecule has 106 valence electrons. The minimum absolute atomic E-state index is 0.00926. The maximum Gasteiger partial charge on any atom is 0.222 e. The van der Waals surface area contributed by atoms with Crippen molar-refractivity contribution in [1.29, 1.82) is 0 Å². The summed E-state index contributed by atoms with van der Waals surface area (Å²) in [5, 5.41) is 0. The first-order valence-electron chi connectivity index (χ1n) is 6.42. The first-order valence-corrected chi connectivity index (χ1v) is 8.48. The van der Waals surface area contributed by atoms with Crippen LogP contribution in [-0.4, -0.2) is 37.8 Å². The van der Waals surface area contributed by atoms with Crippen LogP contribution in [0.1, 0.15) is 25.3 Å². The molecule has 0 saturated carbocycles. The average Bonchev–Trinajstić information content (AvgIpc) is 2.35. The monoisotopic (exact) mass is 283 g/mol. The molecule has 5 heteroatoms. The van der Waals surface area contributed by atoms with Gasteiger partial charge < -0.3 is 4.90 Å². The Bertz CT molecular complexity index is 497. The molecule has 0 radical (unpaired) electrons. The van der Waals surface area contributed by atoms with Gasteiger partial charge in [-0.3, -0.25) is 4.79 Å². The van der Waals surface area contributed by atoms with Gasteiger partial charge in [0.2, 0.25) is 5.91 Å². The van der Waals surface area contributed by atoms with Crippen LogP contribution in [0, 0.1) is 0 Å². The largest absolute Gasteiger partial charge is 0.339 e. The molecule has 0 N–H and O–H groups in total. The predicted molar refractivity (Wildman–Crippen MR) is 76.5 cm³/mol. The van der Waals surface area contributed by atoms with E-state index in [0.717, 1.165) is 5.56 Å². The van der Waals surface area contributed by atoms with Crippen molar-refractivity contribution in [2.24, 2.45) is 0 Å². The summed E-state index contributed by atoms with van der Waals surface area (Å²) in [6.45, 7) is 3.14. The van der Waals surface area contributed by atoms with Gasteiger partial charge >= 0.3 is 0 Å². The quantitative estimate of drug-likeness (QED) is 0.767. The van der Waals surface area contributed by atoms with Crippen molar-refractivity contribution in [1.82, 2.24) is 4.90 Å². The molecule has 0 fully saturated rings. The molecule has 0 unspecified atom stereocenters. The van der Waals surface area contributed by atoms with E-state index in [1.165, 1.54) is 6.26 Å². The van der Waals surface area contributed by atoms with Crippen LogP contribution in [0.4, 0.5) is 0 Å². The van der Waals surface area contributed by atoms with Gasteiger partial charge in [0.05, 0.1) is 5.75 Å². The zero-order valence-electron chi connectivity index (χ0n) is 11.5. The van der Waals surface area contributed by atoms with Crippen LogP contribution < -0.4 is 0 Å². The fraction of sp³-hybridized carbons (Fsp3) is 0.500. The van der Waals surface area contributed by atoms with Gasteiger partial charge in [-0.2, -0.15) is 0 Å². The number of sulfone groups is 1. The van der Waals surface area contributed by atoms with Crippen molar-refractivity contribution >= 4 is 15.7 Å². The van der Waals surface area contributed by atoms with Gasteiger partial charge in [0.25, 0.3) is 0 Å². The highest BCUT2D eigenvalue weighted by atomic mass is 32.2. The second kappa shape index (κ2) is 7.28. The molecule has 4 nitrogen and oxygen atoms in total. The number of carbonyl (C=O) groups excluding carboxylic acids is 1. The lowest BCUT2D eigenvalue weighted by Gasteiger charge is -2.21. The lowest BCUT2D eigenvalue weighted by atomic mass is 10.2. The van der Waals surface area contributed by atoms with E-state index in [4.69, 9.17) is 0 Å². The Hall–Kier alpha value is -1.36. The molecule has 0 aliphatic carbocycles. The van der Waals surface area contributed by atoms with Gasteiger partial charge in [0, 0.05) is 25.8 Å². The van der Waals surface area contributed by atoms with Crippen LogP contribution in [-0.2, 0) is 21.2 Å². The highest BCUT2D eigenvalue weighted by molar-refractivity contribution is 7.90. The van der Waals surface area contributed by atoms with Crippen LogP contribution >= 0.6 is 0 Å². The molecule has 0 bridgehead atoms. The van der Waals surface area contributed by atoms with Crippen molar-refractivity contribution in [3.05, 3.63) is 35.9 Å². The molecule has 0 heterocycles. The van der Waals surface area contributed by atoms with Gasteiger partial charge in [0.1, 0.15) is 9.84 Å². The van der Waals surface area contributed by atoms with E-state index in [1.807, 2.05) is 37.3 Å². The Morgan fingerprint density at radius 2 is 1.84 bits per heavy atom. The van der Waals surface area contributed by atoms with E-state index in [9.17, 15) is 13.2 Å². The summed E-state index contributed by atoms with van der Waals surface area (Å²) in [7, 11) is -2.98. The first kappa shape index (κ1) is 15.7. The summed E-state index contributed by atoms with van der Waals surface area (Å²) < 4.78 is 22.0. The zero-order valence-corrected chi connectivity index (χ0v) is 12.3. The third kappa shape index (κ3) is 6.38. The highest BCUT2D eigenvalue weighted by Gasteiger charge is 2.13. The van der Waals surface area contributed by atoms with Crippen molar-refractivity contribution in [2.45, 2.75) is 26.3 Å². The van der Waals surface area contributed by atoms with Crippen molar-refractivity contribution in [2.75, 3.05) is 18.6 Å². The first-order chi connectivity index (χ1) is 8.92. The Kier molecular flexibility index (Phi) is 6.02. The summed E-state index contributed by atoms with van der Waals surface area (Å²) in [6, 6.07) is 9.78. The number of amides is 1. The topological polar surface area (TPSA) is 54.5 Å². The molecule has 19 heavy (non-hydrogen) atoms. The second-order valence-electron chi connectivity index (χ2n) is 4.63. The predicted octanol–water partition coefficient (Wildman–Crippen LogP) is 1.86. The Morgan fingerprint density at radius 1 is 1.21 bits per heavy atom. The van der Waals surface area contributed by atoms with Crippen LogP contribution in [0.5, 0.6) is 0 Å². The molecule has 0 aliphatic heterocycles. The third-order valence-corrected chi connectivity index (χ3v) is 3.89. The molecule has 0 aliphatic rings. The molecular weight excluding hydrogens is 262 g/mol. The average molecular weight is 283 g/mol. The molecule has 0 spiro atoms. The summed E-state index contributed by atoms with van der Waals surface area (Å²) in [5.74, 6) is 0.0803. The molecule has 1 rings (SSSR count). The number of hydrogen-bond donors (Lipinski definition) is 0. The van der Waals surface area contributed by atoms with Crippen molar-refractivity contribution < 1.29 is 13.2 Å². The Morgan fingerprint density at radius 3 is 2.37 bits per heavy atom. The Labute approximate surface area is 115 Å². The molecule has 0 saturated heterocycles. The Balaban J connectivity index is 2.48. The number of benzene rings is 1. The molecular formula is C14H21NO3S. The maximum absolute atomic E-state index is 12.0. The fourth-order valence-corrected chi connectivity index (χ4v) is 2.49. The van der Waals surface area contributed by atoms with Gasteiger partial charge in [0.15, 0.2) is 0 Å². The minimum atomic E-state index is -2.98. The fourth-order valence-electron chi connectivity index (χ4n) is 1.82. The summed E-state index contributed by atoms with van der Waals surface area (Å²) in [5.41, 5.74) is 1.08. The van der Waals surface area contributed by atoms with Crippen molar-refractivity contribution in [3.8, 4) is 0 Å². The highest BCUT2D eigenvalue weighted by Crippen LogP contribution is 2.07. The normalized spacial score (nSPS) is 11.3. The van der Waals surface area contributed by atoms with E-state index in [1.54, 1.807) is 4.90 Å². The van der Waals surface area contributed by atoms with Gasteiger partial charge in [-0.1, -0.05) is 30.3 Å². The number of hydrogen-bond acceptors (Lipinski definition) is 3. The van der Waals surface area contributed by atoms with E-state index < -0.39 is 9.84 Å². The zero-order chi connectivity index (χ0) is 14.3. The maximum atomic E-state index is 12.0. The SMILES string of the molecule is CCN(Cc1ccccc1)C(=O)CCCS(C)(=O)=O. The van der Waals surface area contributed by atoms with Gasteiger partial charge in [-0.15, -0.1) is 0 Å². The third-order valence-electron chi connectivity index (χ3n) is 2.86. The van der Waals surface area contributed by atoms with E-state index in [2.05, 4.69) is 0 Å². The van der Waals surface area contributed by atoms with E-state index >= 15 is 0 Å². The van der Waals surface area contributed by atoms with Crippen LogP contribution in [0.15, 0.2) is 30.3 Å². The van der Waals surface area contributed by atoms with Crippen LogP contribution in [0.2, 0.25) is 0 Å². The standard InChI is InChI=1S/C14H21NO3S/c1-3-15(12-13-8-5-4-6-9-13)14(16)10-7-11-19(2,17)18/h4-6,8-9H,3,7,10-12H2,1-2H3. The van der Waals surface area contributed by atoms with E-state index in [0.29, 0.717) is 19.5 Å². The second-order valence-corrected chi connectivity index (χ2v) is 6.89. The van der Waals surface area contributed by atoms with Gasteiger partial charge in [-0.05, 0) is 18.9 Å². The molecule has 0 aromatic heterocycles. The lowest BCUT2D eigenvalue weighted by molar-refractivity contribution is -0.131. The molecule has 1 aromatic rings. The van der Waals surface area contributed by atoms with Crippen LogP contribution in [0.3, 0.4) is 0 Å².